The van der Waals surface area contributed by atoms with E-state index in [2.05, 4.69) is 25.8 Å². The minimum absolute atomic E-state index is 0.0372. The van der Waals surface area contributed by atoms with E-state index in [9.17, 15) is 23.1 Å². The minimum Gasteiger partial charge on any atom is -0.508 e. The van der Waals surface area contributed by atoms with Crippen molar-refractivity contribution in [3.05, 3.63) is 77.2 Å². The number of hydrazone groups is 1. The first-order valence-corrected chi connectivity index (χ1v) is 9.26. The van der Waals surface area contributed by atoms with Crippen LogP contribution in [0.4, 0.5) is 13.2 Å². The number of fused-ring (bicyclic) bond motifs is 1. The average molecular weight is 440 g/mol. The molecule has 2 aromatic heterocycles. The summed E-state index contributed by atoms with van der Waals surface area (Å²) in [6.07, 6.45) is -1.94. The van der Waals surface area contributed by atoms with E-state index in [-0.39, 0.29) is 22.3 Å². The standard InChI is InChI=1S/C21H15F3N6O2/c1-12-18(20(32)28-26-11-13-5-7-14(31)8-6-13)27-29-30(12)17-9-10-25-19-15(17)3-2-4-16(19)21(22,23)24/h2-11,31H,1H3,(H,28,32)/b26-11+. The number of benzene rings is 2. The summed E-state index contributed by atoms with van der Waals surface area (Å²) in [5.41, 5.74) is 2.46. The largest absolute Gasteiger partial charge is 0.508 e. The number of nitrogens with zero attached hydrogens (tertiary/aromatic N) is 5. The second kappa shape index (κ2) is 8.10. The summed E-state index contributed by atoms with van der Waals surface area (Å²) in [5.74, 6) is -0.539. The number of carbonyl (C=O) groups excluding carboxylic acids is 1. The fraction of sp³-hybridized carbons (Fsp3) is 0.0952. The molecule has 0 saturated heterocycles. The zero-order chi connectivity index (χ0) is 22.9. The van der Waals surface area contributed by atoms with Crippen molar-refractivity contribution in [2.45, 2.75) is 13.1 Å². The van der Waals surface area contributed by atoms with Gasteiger partial charge in [-0.25, -0.2) is 10.1 Å². The third kappa shape index (κ3) is 4.00. The molecule has 0 aliphatic rings. The van der Waals surface area contributed by atoms with Crippen molar-refractivity contribution >= 4 is 23.0 Å². The van der Waals surface area contributed by atoms with Crippen LogP contribution in [0.15, 0.2) is 59.8 Å². The highest BCUT2D eigenvalue weighted by Crippen LogP contribution is 2.35. The lowest BCUT2D eigenvalue weighted by Crippen LogP contribution is -2.19. The van der Waals surface area contributed by atoms with Gasteiger partial charge in [0.25, 0.3) is 5.91 Å². The second-order valence-corrected chi connectivity index (χ2v) is 6.76. The maximum absolute atomic E-state index is 13.3. The van der Waals surface area contributed by atoms with Gasteiger partial charge in [-0.1, -0.05) is 17.3 Å². The number of para-hydroxylation sites is 1. The van der Waals surface area contributed by atoms with Crippen molar-refractivity contribution in [1.82, 2.24) is 25.4 Å². The minimum atomic E-state index is -4.57. The molecule has 2 heterocycles. The van der Waals surface area contributed by atoms with Crippen LogP contribution in [-0.2, 0) is 6.18 Å². The van der Waals surface area contributed by atoms with E-state index < -0.39 is 17.6 Å². The molecule has 8 nitrogen and oxygen atoms in total. The van der Waals surface area contributed by atoms with Gasteiger partial charge in [-0.2, -0.15) is 18.3 Å². The third-order valence-corrected chi connectivity index (χ3v) is 4.66. The van der Waals surface area contributed by atoms with Gasteiger partial charge >= 0.3 is 6.18 Å². The first-order valence-electron chi connectivity index (χ1n) is 9.26. The van der Waals surface area contributed by atoms with Gasteiger partial charge in [0.15, 0.2) is 5.69 Å². The van der Waals surface area contributed by atoms with E-state index in [4.69, 9.17) is 0 Å². The van der Waals surface area contributed by atoms with Crippen LogP contribution in [0, 0.1) is 6.92 Å². The lowest BCUT2D eigenvalue weighted by molar-refractivity contribution is -0.136. The number of pyridine rings is 1. The second-order valence-electron chi connectivity index (χ2n) is 6.76. The number of aromatic nitrogens is 4. The smallest absolute Gasteiger partial charge is 0.418 e. The van der Waals surface area contributed by atoms with E-state index >= 15 is 0 Å². The van der Waals surface area contributed by atoms with Gasteiger partial charge in [0.1, 0.15) is 5.75 Å². The maximum Gasteiger partial charge on any atom is 0.418 e. The van der Waals surface area contributed by atoms with Crippen molar-refractivity contribution in [2.75, 3.05) is 0 Å². The van der Waals surface area contributed by atoms with E-state index in [0.29, 0.717) is 16.9 Å². The summed E-state index contributed by atoms with van der Waals surface area (Å²) >= 11 is 0. The number of amides is 1. The summed E-state index contributed by atoms with van der Waals surface area (Å²) in [7, 11) is 0. The Kier molecular flexibility index (Phi) is 5.31. The van der Waals surface area contributed by atoms with Gasteiger partial charge in [0.2, 0.25) is 0 Å². The monoisotopic (exact) mass is 440 g/mol. The molecule has 32 heavy (non-hydrogen) atoms. The normalized spacial score (nSPS) is 11.9. The van der Waals surface area contributed by atoms with Crippen LogP contribution in [0.5, 0.6) is 5.75 Å². The van der Waals surface area contributed by atoms with Crippen LogP contribution >= 0.6 is 0 Å². The molecule has 0 atom stereocenters. The van der Waals surface area contributed by atoms with Gasteiger partial charge < -0.3 is 5.11 Å². The number of alkyl halides is 3. The average Bonchev–Trinajstić information content (AvgIpc) is 3.14. The molecule has 0 saturated carbocycles. The van der Waals surface area contributed by atoms with Gasteiger partial charge in [0, 0.05) is 11.6 Å². The van der Waals surface area contributed by atoms with Crippen LogP contribution < -0.4 is 5.43 Å². The molecule has 4 rings (SSSR count). The predicted octanol–water partition coefficient (Wildman–Crippen LogP) is 3.61. The molecule has 162 valence electrons. The fourth-order valence-corrected chi connectivity index (χ4v) is 3.12. The number of hydrogen-bond donors (Lipinski definition) is 2. The maximum atomic E-state index is 13.3. The molecule has 0 unspecified atom stereocenters. The number of rotatable bonds is 4. The molecule has 0 aliphatic carbocycles. The molecule has 11 heteroatoms. The van der Waals surface area contributed by atoms with Gasteiger partial charge in [-0.05, 0) is 48.9 Å². The van der Waals surface area contributed by atoms with Gasteiger partial charge in [0.05, 0.1) is 28.7 Å². The Labute approximate surface area is 179 Å². The SMILES string of the molecule is Cc1c(C(=O)N/N=C/c2ccc(O)cc2)nnn1-c1ccnc2c(C(F)(F)F)cccc12. The Hall–Kier alpha value is -4.28. The summed E-state index contributed by atoms with van der Waals surface area (Å²) in [4.78, 5) is 16.3. The van der Waals surface area contributed by atoms with Crippen LogP contribution in [0.25, 0.3) is 16.6 Å². The summed E-state index contributed by atoms with van der Waals surface area (Å²) < 4.78 is 41.3. The Bertz CT molecular complexity index is 1330. The Morgan fingerprint density at radius 1 is 1.16 bits per heavy atom. The summed E-state index contributed by atoms with van der Waals surface area (Å²) in [5, 5.41) is 21.1. The van der Waals surface area contributed by atoms with E-state index in [1.165, 1.54) is 47.4 Å². The number of halogens is 3. The fourth-order valence-electron chi connectivity index (χ4n) is 3.12. The quantitative estimate of drug-likeness (QED) is 0.373. The topological polar surface area (TPSA) is 105 Å². The van der Waals surface area contributed by atoms with Crippen molar-refractivity contribution in [1.29, 1.82) is 0 Å². The molecule has 0 aliphatic heterocycles. The third-order valence-electron chi connectivity index (χ3n) is 4.66. The van der Waals surface area contributed by atoms with Crippen molar-refractivity contribution in [3.8, 4) is 11.4 Å². The zero-order valence-corrected chi connectivity index (χ0v) is 16.5. The van der Waals surface area contributed by atoms with Crippen LogP contribution in [0.2, 0.25) is 0 Å². The zero-order valence-electron chi connectivity index (χ0n) is 16.5. The lowest BCUT2D eigenvalue weighted by atomic mass is 10.1. The molecule has 0 bridgehead atoms. The lowest BCUT2D eigenvalue weighted by Gasteiger charge is -2.12. The van der Waals surface area contributed by atoms with Crippen molar-refractivity contribution in [2.24, 2.45) is 5.10 Å². The molecule has 1 amide bonds. The number of phenolic OH excluding ortho intramolecular Hbond substituents is 1. The van der Waals surface area contributed by atoms with Gasteiger partial charge in [-0.15, -0.1) is 5.10 Å². The molecule has 0 spiro atoms. The van der Waals surface area contributed by atoms with Crippen LogP contribution in [-0.4, -0.2) is 37.2 Å². The summed E-state index contributed by atoms with van der Waals surface area (Å²) in [6, 6.07) is 11.4. The highest BCUT2D eigenvalue weighted by Gasteiger charge is 2.33. The Morgan fingerprint density at radius 2 is 1.91 bits per heavy atom. The number of hydrogen-bond acceptors (Lipinski definition) is 6. The Morgan fingerprint density at radius 3 is 2.62 bits per heavy atom. The van der Waals surface area contributed by atoms with Crippen molar-refractivity contribution < 1.29 is 23.1 Å². The predicted molar refractivity (Wildman–Crippen MR) is 110 cm³/mol. The van der Waals surface area contributed by atoms with E-state index in [1.807, 2.05) is 0 Å². The number of phenols is 1. The molecule has 2 aromatic carbocycles. The molecule has 2 N–H and O–H groups in total. The molecule has 4 aromatic rings. The van der Waals surface area contributed by atoms with Gasteiger partial charge in [-0.3, -0.25) is 9.78 Å². The van der Waals surface area contributed by atoms with E-state index in [1.54, 1.807) is 19.1 Å². The first-order chi connectivity index (χ1) is 15.3. The number of nitrogens with one attached hydrogen (secondary N) is 1. The first kappa shape index (κ1) is 21.0. The summed E-state index contributed by atoms with van der Waals surface area (Å²) in [6.45, 7) is 1.57. The molecule has 0 radical (unpaired) electrons. The molecular formula is C21H15F3N6O2. The highest BCUT2D eigenvalue weighted by atomic mass is 19.4. The van der Waals surface area contributed by atoms with Crippen LogP contribution in [0.1, 0.15) is 27.3 Å². The Balaban J connectivity index is 1.64. The van der Waals surface area contributed by atoms with Crippen molar-refractivity contribution in [3.63, 3.8) is 0 Å². The highest BCUT2D eigenvalue weighted by molar-refractivity contribution is 5.95. The number of carbonyl (C=O) groups is 1. The van der Waals surface area contributed by atoms with E-state index in [0.717, 1.165) is 6.07 Å². The molecule has 0 fully saturated rings. The number of aromatic hydroxyl groups is 1. The molecular weight excluding hydrogens is 425 g/mol. The van der Waals surface area contributed by atoms with Crippen LogP contribution in [0.3, 0.4) is 0 Å².